The van der Waals surface area contributed by atoms with Crippen molar-refractivity contribution in [2.45, 2.75) is 71.6 Å². The fraction of sp³-hybridized carbons (Fsp3) is 0.733. The maximum atomic E-state index is 11.0. The summed E-state index contributed by atoms with van der Waals surface area (Å²) >= 11 is 0. The average Bonchev–Trinajstić information content (AvgIpc) is 2.63. The summed E-state index contributed by atoms with van der Waals surface area (Å²) in [7, 11) is 0. The van der Waals surface area contributed by atoms with Crippen LogP contribution in [0.1, 0.15) is 57.1 Å². The van der Waals surface area contributed by atoms with E-state index in [-0.39, 0.29) is 23.7 Å². The quantitative estimate of drug-likeness (QED) is 0.924. The Morgan fingerprint density at radius 3 is 2.45 bits per heavy atom. The number of aryl methyl sites for hydroxylation is 1. The van der Waals surface area contributed by atoms with Gasteiger partial charge in [-0.2, -0.15) is 5.10 Å². The van der Waals surface area contributed by atoms with Crippen LogP contribution in [0, 0.1) is 13.8 Å². The summed E-state index contributed by atoms with van der Waals surface area (Å²) in [6, 6.07) is 0.124. The molecule has 0 spiro atoms. The van der Waals surface area contributed by atoms with Gasteiger partial charge in [0.2, 0.25) is 0 Å². The standard InChI is InChI=1S/C15H24N2O3/c1-9-11(7-13(18)19)10(2)17(16-9)12-8-14(3,4)20-15(12,5)6/h12H,7-8H2,1-6H3,(H,18,19). The third-order valence-electron chi connectivity index (χ3n) is 4.12. The van der Waals surface area contributed by atoms with Gasteiger partial charge in [-0.25, -0.2) is 0 Å². The number of carboxylic acid groups (broad SMARTS) is 1. The smallest absolute Gasteiger partial charge is 0.307 e. The highest BCUT2D eigenvalue weighted by Gasteiger charge is 2.47. The van der Waals surface area contributed by atoms with Crippen LogP contribution in [0.4, 0.5) is 0 Å². The van der Waals surface area contributed by atoms with Crippen LogP contribution in [0.5, 0.6) is 0 Å². The molecule has 1 fully saturated rings. The van der Waals surface area contributed by atoms with E-state index in [1.807, 2.05) is 18.5 Å². The summed E-state index contributed by atoms with van der Waals surface area (Å²) in [5.41, 5.74) is 2.05. The molecule has 2 rings (SSSR count). The second kappa shape index (κ2) is 4.58. The second-order valence-electron chi connectivity index (χ2n) is 6.85. The zero-order valence-electron chi connectivity index (χ0n) is 13.1. The number of ether oxygens (including phenoxy) is 1. The van der Waals surface area contributed by atoms with Crippen LogP contribution in [0.2, 0.25) is 0 Å². The Bertz CT molecular complexity index is 544. The van der Waals surface area contributed by atoms with Crippen LogP contribution in [0.3, 0.4) is 0 Å². The lowest BCUT2D eigenvalue weighted by Crippen LogP contribution is -2.32. The van der Waals surface area contributed by atoms with Crippen LogP contribution in [-0.4, -0.2) is 32.1 Å². The molecule has 0 radical (unpaired) electrons. The summed E-state index contributed by atoms with van der Waals surface area (Å²) in [5, 5.41) is 13.6. The van der Waals surface area contributed by atoms with E-state index >= 15 is 0 Å². The van der Waals surface area contributed by atoms with E-state index in [1.165, 1.54) is 0 Å². The first-order valence-electron chi connectivity index (χ1n) is 7.00. The van der Waals surface area contributed by atoms with Crippen molar-refractivity contribution in [2.24, 2.45) is 0 Å². The second-order valence-corrected chi connectivity index (χ2v) is 6.85. The predicted octanol–water partition coefficient (Wildman–Crippen LogP) is 2.65. The topological polar surface area (TPSA) is 64.4 Å². The van der Waals surface area contributed by atoms with Crippen molar-refractivity contribution in [1.29, 1.82) is 0 Å². The van der Waals surface area contributed by atoms with Gasteiger partial charge in [-0.05, 0) is 41.5 Å². The van der Waals surface area contributed by atoms with E-state index in [4.69, 9.17) is 9.84 Å². The van der Waals surface area contributed by atoms with Gasteiger partial charge in [-0.1, -0.05) is 0 Å². The largest absolute Gasteiger partial charge is 0.481 e. The zero-order chi connectivity index (χ0) is 15.3. The molecule has 5 heteroatoms. The van der Waals surface area contributed by atoms with Crippen LogP contribution >= 0.6 is 0 Å². The van der Waals surface area contributed by atoms with Gasteiger partial charge in [0.05, 0.1) is 29.4 Å². The molecule has 2 heterocycles. The van der Waals surface area contributed by atoms with Gasteiger partial charge in [0.25, 0.3) is 0 Å². The monoisotopic (exact) mass is 280 g/mol. The Labute approximate surface area is 119 Å². The third kappa shape index (κ3) is 2.59. The van der Waals surface area contributed by atoms with Crippen molar-refractivity contribution in [2.75, 3.05) is 0 Å². The van der Waals surface area contributed by atoms with Gasteiger partial charge in [-0.3, -0.25) is 9.48 Å². The molecule has 1 aromatic rings. The molecule has 1 aliphatic heterocycles. The van der Waals surface area contributed by atoms with Crippen LogP contribution in [0.25, 0.3) is 0 Å². The first-order valence-corrected chi connectivity index (χ1v) is 7.00. The maximum Gasteiger partial charge on any atom is 0.307 e. The van der Waals surface area contributed by atoms with Crippen molar-refractivity contribution in [3.8, 4) is 0 Å². The molecule has 20 heavy (non-hydrogen) atoms. The highest BCUT2D eigenvalue weighted by atomic mass is 16.5. The molecule has 0 saturated carbocycles. The lowest BCUT2D eigenvalue weighted by Gasteiger charge is -2.28. The molecule has 5 nitrogen and oxygen atoms in total. The van der Waals surface area contributed by atoms with Crippen LogP contribution < -0.4 is 0 Å². The van der Waals surface area contributed by atoms with Gasteiger partial charge in [0.1, 0.15) is 0 Å². The number of aliphatic carboxylic acids is 1. The molecule has 112 valence electrons. The zero-order valence-corrected chi connectivity index (χ0v) is 13.1. The summed E-state index contributed by atoms with van der Waals surface area (Å²) in [4.78, 5) is 11.0. The molecule has 1 unspecified atom stereocenters. The minimum Gasteiger partial charge on any atom is -0.481 e. The van der Waals surface area contributed by atoms with E-state index < -0.39 is 5.97 Å². The number of hydrogen-bond acceptors (Lipinski definition) is 3. The summed E-state index contributed by atoms with van der Waals surface area (Å²) < 4.78 is 8.07. The van der Waals surface area contributed by atoms with E-state index in [0.717, 1.165) is 23.4 Å². The minimum absolute atomic E-state index is 0.0229. The fourth-order valence-electron chi connectivity index (χ4n) is 3.32. The predicted molar refractivity (Wildman–Crippen MR) is 75.9 cm³/mol. The Kier molecular flexibility index (Phi) is 3.45. The van der Waals surface area contributed by atoms with Crippen molar-refractivity contribution < 1.29 is 14.6 Å². The Balaban J connectivity index is 2.42. The average molecular weight is 280 g/mol. The molecule has 1 aromatic heterocycles. The normalized spacial score (nSPS) is 24.0. The lowest BCUT2D eigenvalue weighted by atomic mass is 9.94. The van der Waals surface area contributed by atoms with Gasteiger partial charge in [0, 0.05) is 17.7 Å². The number of carboxylic acids is 1. The SMILES string of the molecule is Cc1nn(C2CC(C)(C)OC2(C)C)c(C)c1CC(=O)O. The number of carbonyl (C=O) groups is 1. The molecular weight excluding hydrogens is 256 g/mol. The number of aromatic nitrogens is 2. The number of rotatable bonds is 3. The molecule has 1 atom stereocenters. The summed E-state index contributed by atoms with van der Waals surface area (Å²) in [5.74, 6) is -0.821. The van der Waals surface area contributed by atoms with Crippen LogP contribution in [-0.2, 0) is 16.0 Å². The van der Waals surface area contributed by atoms with Crippen LogP contribution in [0.15, 0.2) is 0 Å². The first-order chi connectivity index (χ1) is 9.03. The Hall–Kier alpha value is -1.36. The van der Waals surface area contributed by atoms with E-state index in [0.29, 0.717) is 0 Å². The van der Waals surface area contributed by atoms with E-state index in [2.05, 4.69) is 32.8 Å². The Morgan fingerprint density at radius 2 is 2.00 bits per heavy atom. The van der Waals surface area contributed by atoms with Gasteiger partial charge in [0.15, 0.2) is 0 Å². The molecule has 1 aliphatic rings. The first kappa shape index (κ1) is 15.0. The van der Waals surface area contributed by atoms with Gasteiger partial charge in [-0.15, -0.1) is 0 Å². The van der Waals surface area contributed by atoms with Crippen molar-refractivity contribution in [3.63, 3.8) is 0 Å². The van der Waals surface area contributed by atoms with Crippen molar-refractivity contribution in [3.05, 3.63) is 17.0 Å². The molecule has 0 aliphatic carbocycles. The minimum atomic E-state index is -0.821. The molecule has 1 saturated heterocycles. The van der Waals surface area contributed by atoms with E-state index in [9.17, 15) is 4.79 Å². The van der Waals surface area contributed by atoms with Crippen molar-refractivity contribution in [1.82, 2.24) is 9.78 Å². The fourth-order valence-corrected chi connectivity index (χ4v) is 3.32. The van der Waals surface area contributed by atoms with Crippen molar-refractivity contribution >= 4 is 5.97 Å². The summed E-state index contributed by atoms with van der Waals surface area (Å²) in [6.45, 7) is 12.1. The number of nitrogens with zero attached hydrogens (tertiary/aromatic N) is 2. The molecule has 0 amide bonds. The molecule has 0 aromatic carbocycles. The summed E-state index contributed by atoms with van der Waals surface area (Å²) in [6.07, 6.45) is 0.892. The van der Waals surface area contributed by atoms with Gasteiger partial charge < -0.3 is 9.84 Å². The highest BCUT2D eigenvalue weighted by molar-refractivity contribution is 5.71. The third-order valence-corrected chi connectivity index (χ3v) is 4.12. The van der Waals surface area contributed by atoms with E-state index in [1.54, 1.807) is 0 Å². The Morgan fingerprint density at radius 1 is 1.40 bits per heavy atom. The molecule has 1 N–H and O–H groups in total. The lowest BCUT2D eigenvalue weighted by molar-refractivity contribution is -0.136. The highest BCUT2D eigenvalue weighted by Crippen LogP contribution is 2.45. The number of hydrogen-bond donors (Lipinski definition) is 1. The van der Waals surface area contributed by atoms with Gasteiger partial charge >= 0.3 is 5.97 Å². The molecular formula is C15H24N2O3. The maximum absolute atomic E-state index is 11.0. The molecule has 0 bridgehead atoms.